The molecule has 0 bridgehead atoms. The number of halogens is 2. The summed E-state index contributed by atoms with van der Waals surface area (Å²) in [7, 11) is 1.79. The predicted molar refractivity (Wildman–Crippen MR) is 155 cm³/mol. The zero-order valence-electron chi connectivity index (χ0n) is 21.2. The molecule has 0 saturated carbocycles. The summed E-state index contributed by atoms with van der Waals surface area (Å²) in [4.78, 5) is 12.0. The third-order valence-electron chi connectivity index (χ3n) is 6.57. The first-order chi connectivity index (χ1) is 18.6. The monoisotopic (exact) mass is 548 g/mol. The minimum atomic E-state index is 0.317. The van der Waals surface area contributed by atoms with Gasteiger partial charge in [-0.3, -0.25) is 4.90 Å². The number of nitrogens with zero attached hydrogens (tertiary/aromatic N) is 3. The van der Waals surface area contributed by atoms with Crippen molar-refractivity contribution < 1.29 is 9.47 Å². The van der Waals surface area contributed by atoms with Crippen molar-refractivity contribution in [3.05, 3.63) is 88.9 Å². The van der Waals surface area contributed by atoms with Gasteiger partial charge in [-0.25, -0.2) is 9.97 Å². The van der Waals surface area contributed by atoms with Gasteiger partial charge in [0.2, 0.25) is 5.95 Å². The normalized spacial score (nSPS) is 15.8. The average Bonchev–Trinajstić information content (AvgIpc) is 2.94. The zero-order chi connectivity index (χ0) is 26.3. The van der Waals surface area contributed by atoms with Gasteiger partial charge in [0.15, 0.2) is 0 Å². The Balaban J connectivity index is 1.33. The Morgan fingerprint density at radius 1 is 0.895 bits per heavy atom. The molecule has 1 saturated heterocycles. The summed E-state index contributed by atoms with van der Waals surface area (Å²) < 4.78 is 11.6. The van der Waals surface area contributed by atoms with E-state index in [1.54, 1.807) is 7.11 Å². The van der Waals surface area contributed by atoms with E-state index in [0.717, 1.165) is 66.4 Å². The SMILES string of the molecule is COC1CCCN(CCOc2cccc(Nc3nc(-c4ccc(Cl)cc4)cc(-c4ccc(Cl)cc4)n3)c2)C1. The fourth-order valence-electron chi connectivity index (χ4n) is 4.53. The number of anilines is 2. The summed E-state index contributed by atoms with van der Waals surface area (Å²) in [6.45, 7) is 3.53. The number of nitrogens with one attached hydrogen (secondary N) is 1. The Labute approximate surface area is 233 Å². The van der Waals surface area contributed by atoms with Gasteiger partial charge in [-0.2, -0.15) is 0 Å². The lowest BCUT2D eigenvalue weighted by atomic mass is 10.1. The molecular formula is C30H30Cl2N4O2. The van der Waals surface area contributed by atoms with Gasteiger partial charge in [0.05, 0.1) is 17.5 Å². The number of aromatic nitrogens is 2. The highest BCUT2D eigenvalue weighted by Crippen LogP contribution is 2.29. The number of rotatable bonds is 9. The fraction of sp³-hybridized carbons (Fsp3) is 0.267. The highest BCUT2D eigenvalue weighted by atomic mass is 35.5. The van der Waals surface area contributed by atoms with E-state index < -0.39 is 0 Å². The minimum absolute atomic E-state index is 0.317. The van der Waals surface area contributed by atoms with E-state index in [1.165, 1.54) is 0 Å². The molecule has 0 amide bonds. The van der Waals surface area contributed by atoms with E-state index in [-0.39, 0.29) is 0 Å². The number of benzene rings is 3. The van der Waals surface area contributed by atoms with Gasteiger partial charge in [0.25, 0.3) is 0 Å². The summed E-state index contributed by atoms with van der Waals surface area (Å²) in [6, 6.07) is 25.0. The van der Waals surface area contributed by atoms with Crippen molar-refractivity contribution in [2.75, 3.05) is 38.7 Å². The van der Waals surface area contributed by atoms with Gasteiger partial charge in [-0.1, -0.05) is 53.5 Å². The van der Waals surface area contributed by atoms with Crippen LogP contribution >= 0.6 is 23.2 Å². The maximum absolute atomic E-state index is 6.11. The van der Waals surface area contributed by atoms with Crippen LogP contribution in [0.1, 0.15) is 12.8 Å². The predicted octanol–water partition coefficient (Wildman–Crippen LogP) is 7.35. The Morgan fingerprint density at radius 3 is 2.18 bits per heavy atom. The molecule has 0 spiro atoms. The molecular weight excluding hydrogens is 519 g/mol. The van der Waals surface area contributed by atoms with Crippen molar-refractivity contribution in [1.82, 2.24) is 14.9 Å². The lowest BCUT2D eigenvalue weighted by molar-refractivity contribution is 0.0272. The van der Waals surface area contributed by atoms with Crippen LogP contribution in [0.2, 0.25) is 10.0 Å². The van der Waals surface area contributed by atoms with E-state index in [9.17, 15) is 0 Å². The molecule has 1 atom stereocenters. The van der Waals surface area contributed by atoms with Gasteiger partial charge in [0.1, 0.15) is 12.4 Å². The summed E-state index contributed by atoms with van der Waals surface area (Å²) in [6.07, 6.45) is 2.60. The van der Waals surface area contributed by atoms with Crippen LogP contribution in [-0.2, 0) is 4.74 Å². The van der Waals surface area contributed by atoms with Crippen molar-refractivity contribution in [2.45, 2.75) is 18.9 Å². The molecule has 1 aliphatic rings. The van der Waals surface area contributed by atoms with Gasteiger partial charge < -0.3 is 14.8 Å². The van der Waals surface area contributed by atoms with Gasteiger partial charge in [-0.15, -0.1) is 0 Å². The number of ether oxygens (including phenoxy) is 2. The van der Waals surface area contributed by atoms with Crippen LogP contribution in [0, 0.1) is 0 Å². The molecule has 8 heteroatoms. The first-order valence-corrected chi connectivity index (χ1v) is 13.5. The molecule has 5 rings (SSSR count). The van der Waals surface area contributed by atoms with Gasteiger partial charge >= 0.3 is 0 Å². The van der Waals surface area contributed by atoms with E-state index in [2.05, 4.69) is 10.2 Å². The highest BCUT2D eigenvalue weighted by molar-refractivity contribution is 6.30. The second kappa shape index (κ2) is 12.6. The number of hydrogen-bond donors (Lipinski definition) is 1. The minimum Gasteiger partial charge on any atom is -0.492 e. The van der Waals surface area contributed by atoms with Crippen LogP contribution in [0.3, 0.4) is 0 Å². The molecule has 1 aromatic heterocycles. The number of likely N-dealkylation sites (tertiary alicyclic amines) is 1. The van der Waals surface area contributed by atoms with Crippen LogP contribution in [0.15, 0.2) is 78.9 Å². The summed E-state index contributed by atoms with van der Waals surface area (Å²) in [5.41, 5.74) is 4.30. The van der Waals surface area contributed by atoms with Crippen molar-refractivity contribution in [3.8, 4) is 28.3 Å². The van der Waals surface area contributed by atoms with E-state index in [0.29, 0.717) is 28.7 Å². The van der Waals surface area contributed by atoms with E-state index in [4.69, 9.17) is 42.6 Å². The standard InChI is InChI=1S/C30H30Cl2N4O2/c1-37-27-6-3-15-36(20-27)16-17-38-26-5-2-4-25(18-26)33-30-34-28(21-7-11-23(31)12-8-21)19-29(35-30)22-9-13-24(32)14-10-22/h2,4-5,7-14,18-19,27H,3,6,15-17,20H2,1H3,(H,33,34,35). The van der Waals surface area contributed by atoms with Crippen molar-refractivity contribution in [1.29, 1.82) is 0 Å². The van der Waals surface area contributed by atoms with Crippen LogP contribution in [0.5, 0.6) is 5.75 Å². The maximum Gasteiger partial charge on any atom is 0.228 e. The quantitative estimate of drug-likeness (QED) is 0.236. The van der Waals surface area contributed by atoms with Gasteiger partial charge in [-0.05, 0) is 61.9 Å². The molecule has 6 nitrogen and oxygen atoms in total. The van der Waals surface area contributed by atoms with E-state index >= 15 is 0 Å². The highest BCUT2D eigenvalue weighted by Gasteiger charge is 2.19. The van der Waals surface area contributed by atoms with Crippen molar-refractivity contribution in [2.24, 2.45) is 0 Å². The molecule has 4 aromatic rings. The van der Waals surface area contributed by atoms with Crippen LogP contribution in [-0.4, -0.2) is 54.3 Å². The summed E-state index contributed by atoms with van der Waals surface area (Å²) in [5.74, 6) is 1.28. The Morgan fingerprint density at radius 2 is 1.55 bits per heavy atom. The lowest BCUT2D eigenvalue weighted by Gasteiger charge is -2.31. The first kappa shape index (κ1) is 26.4. The van der Waals surface area contributed by atoms with Crippen LogP contribution in [0.25, 0.3) is 22.5 Å². The molecule has 0 aliphatic carbocycles. The molecule has 1 unspecified atom stereocenters. The van der Waals surface area contributed by atoms with E-state index in [1.807, 2.05) is 78.9 Å². The maximum atomic E-state index is 6.11. The van der Waals surface area contributed by atoms with Crippen molar-refractivity contribution in [3.63, 3.8) is 0 Å². The third-order valence-corrected chi connectivity index (χ3v) is 7.07. The van der Waals surface area contributed by atoms with Crippen molar-refractivity contribution >= 4 is 34.8 Å². The fourth-order valence-corrected chi connectivity index (χ4v) is 4.79. The molecule has 196 valence electrons. The molecule has 3 aromatic carbocycles. The second-order valence-electron chi connectivity index (χ2n) is 9.28. The Bertz CT molecular complexity index is 1290. The molecule has 2 heterocycles. The van der Waals surface area contributed by atoms with Crippen LogP contribution in [0.4, 0.5) is 11.6 Å². The number of piperidine rings is 1. The third kappa shape index (κ3) is 7.03. The lowest BCUT2D eigenvalue weighted by Crippen LogP contribution is -2.41. The number of hydrogen-bond acceptors (Lipinski definition) is 6. The average molecular weight is 550 g/mol. The molecule has 1 aliphatic heterocycles. The second-order valence-corrected chi connectivity index (χ2v) is 10.2. The molecule has 38 heavy (non-hydrogen) atoms. The Kier molecular flexibility index (Phi) is 8.76. The molecule has 1 fully saturated rings. The molecule has 1 N–H and O–H groups in total. The zero-order valence-corrected chi connectivity index (χ0v) is 22.8. The topological polar surface area (TPSA) is 59.5 Å². The summed E-state index contributed by atoms with van der Waals surface area (Å²) in [5, 5.41) is 4.71. The number of methoxy groups -OCH3 is 1. The van der Waals surface area contributed by atoms with Gasteiger partial charge in [0, 0.05) is 53.1 Å². The Hall–Kier alpha value is -3.16. The van der Waals surface area contributed by atoms with Crippen LogP contribution < -0.4 is 10.1 Å². The summed E-state index contributed by atoms with van der Waals surface area (Å²) >= 11 is 12.2. The largest absolute Gasteiger partial charge is 0.492 e. The smallest absolute Gasteiger partial charge is 0.228 e. The molecule has 0 radical (unpaired) electrons. The first-order valence-electron chi connectivity index (χ1n) is 12.7.